The van der Waals surface area contributed by atoms with Crippen molar-refractivity contribution in [3.63, 3.8) is 0 Å². The number of amides is 1. The molecule has 0 saturated carbocycles. The molecular formula is C16H19N3O2S. The van der Waals surface area contributed by atoms with E-state index >= 15 is 0 Å². The van der Waals surface area contributed by atoms with Crippen molar-refractivity contribution in [2.45, 2.75) is 25.8 Å². The van der Waals surface area contributed by atoms with Gasteiger partial charge in [0.1, 0.15) is 0 Å². The maximum absolute atomic E-state index is 12.4. The molecule has 2 aromatic heterocycles. The molecule has 116 valence electrons. The lowest BCUT2D eigenvalue weighted by Crippen LogP contribution is -2.47. The van der Waals surface area contributed by atoms with Crippen LogP contribution in [-0.4, -0.2) is 46.6 Å². The van der Waals surface area contributed by atoms with Gasteiger partial charge < -0.3 is 9.64 Å². The molecule has 2 aromatic rings. The van der Waals surface area contributed by atoms with Crippen LogP contribution in [0.25, 0.3) is 0 Å². The van der Waals surface area contributed by atoms with E-state index in [2.05, 4.69) is 9.97 Å². The number of hydrogen-bond acceptors (Lipinski definition) is 5. The summed E-state index contributed by atoms with van der Waals surface area (Å²) in [5.41, 5.74) is 1.84. The zero-order valence-corrected chi connectivity index (χ0v) is 13.4. The first-order valence-electron chi connectivity index (χ1n) is 7.43. The lowest BCUT2D eigenvalue weighted by Gasteiger charge is -2.33. The van der Waals surface area contributed by atoms with E-state index in [1.54, 1.807) is 17.5 Å². The molecule has 1 atom stereocenters. The van der Waals surface area contributed by atoms with Gasteiger partial charge in [0, 0.05) is 30.2 Å². The Morgan fingerprint density at radius 1 is 1.45 bits per heavy atom. The number of rotatable bonds is 4. The van der Waals surface area contributed by atoms with E-state index in [4.69, 9.17) is 4.74 Å². The minimum Gasteiger partial charge on any atom is -0.377 e. The summed E-state index contributed by atoms with van der Waals surface area (Å²) in [6, 6.07) is 6.01. The molecule has 0 aliphatic carbocycles. The molecule has 0 radical (unpaired) electrons. The van der Waals surface area contributed by atoms with E-state index in [0.717, 1.165) is 16.4 Å². The van der Waals surface area contributed by atoms with Crippen LogP contribution < -0.4 is 0 Å². The highest BCUT2D eigenvalue weighted by Gasteiger charge is 2.24. The molecule has 0 aromatic carbocycles. The van der Waals surface area contributed by atoms with Gasteiger partial charge in [-0.3, -0.25) is 9.78 Å². The summed E-state index contributed by atoms with van der Waals surface area (Å²) >= 11 is 1.59. The van der Waals surface area contributed by atoms with Crippen molar-refractivity contribution in [2.75, 3.05) is 19.8 Å². The van der Waals surface area contributed by atoms with Crippen molar-refractivity contribution < 1.29 is 9.53 Å². The number of morpholine rings is 1. The second kappa shape index (κ2) is 6.98. The lowest BCUT2D eigenvalue weighted by molar-refractivity contribution is -0.138. The van der Waals surface area contributed by atoms with Crippen LogP contribution >= 0.6 is 11.3 Å². The Morgan fingerprint density at radius 3 is 3.14 bits per heavy atom. The summed E-state index contributed by atoms with van der Waals surface area (Å²) in [6.07, 6.45) is 2.86. The van der Waals surface area contributed by atoms with Crippen LogP contribution in [0.15, 0.2) is 29.8 Å². The number of ether oxygens (including phenoxy) is 1. The summed E-state index contributed by atoms with van der Waals surface area (Å²) in [5.74, 6) is 0.130. The van der Waals surface area contributed by atoms with Gasteiger partial charge in [0.15, 0.2) is 0 Å². The molecule has 3 rings (SSSR count). The predicted molar refractivity (Wildman–Crippen MR) is 84.9 cm³/mol. The third-order valence-corrected chi connectivity index (χ3v) is 4.58. The number of hydrogen-bond donors (Lipinski definition) is 0. The van der Waals surface area contributed by atoms with Gasteiger partial charge in [0.25, 0.3) is 0 Å². The molecule has 0 unspecified atom stereocenters. The number of carbonyl (C=O) groups is 1. The molecule has 0 bridgehead atoms. The van der Waals surface area contributed by atoms with Gasteiger partial charge in [0.2, 0.25) is 5.91 Å². The first-order chi connectivity index (χ1) is 10.7. The normalized spacial score (nSPS) is 18.4. The Bertz CT molecular complexity index is 629. The topological polar surface area (TPSA) is 55.3 Å². The van der Waals surface area contributed by atoms with Gasteiger partial charge in [-0.15, -0.1) is 11.3 Å². The largest absolute Gasteiger partial charge is 0.377 e. The van der Waals surface area contributed by atoms with Crippen molar-refractivity contribution in [3.05, 3.63) is 46.2 Å². The number of pyridine rings is 1. The van der Waals surface area contributed by atoms with E-state index in [1.165, 1.54) is 0 Å². The van der Waals surface area contributed by atoms with Crippen LogP contribution in [0.2, 0.25) is 0 Å². The number of thiazole rings is 1. The molecule has 1 aliphatic heterocycles. The van der Waals surface area contributed by atoms with Crippen molar-refractivity contribution in [3.8, 4) is 0 Å². The van der Waals surface area contributed by atoms with E-state index < -0.39 is 0 Å². The molecule has 22 heavy (non-hydrogen) atoms. The zero-order chi connectivity index (χ0) is 15.4. The fourth-order valence-corrected chi connectivity index (χ4v) is 3.33. The third kappa shape index (κ3) is 3.69. The summed E-state index contributed by atoms with van der Waals surface area (Å²) in [7, 11) is 0. The quantitative estimate of drug-likeness (QED) is 0.864. The van der Waals surface area contributed by atoms with Gasteiger partial charge in [-0.2, -0.15) is 0 Å². The van der Waals surface area contributed by atoms with E-state index in [9.17, 15) is 4.79 Å². The zero-order valence-electron chi connectivity index (χ0n) is 12.6. The highest BCUT2D eigenvalue weighted by atomic mass is 32.1. The van der Waals surface area contributed by atoms with Gasteiger partial charge in [-0.25, -0.2) is 4.98 Å². The minimum atomic E-state index is 0.130. The Kier molecular flexibility index (Phi) is 4.80. The minimum absolute atomic E-state index is 0.130. The first kappa shape index (κ1) is 15.1. The van der Waals surface area contributed by atoms with Crippen molar-refractivity contribution >= 4 is 17.2 Å². The molecule has 5 nitrogen and oxygen atoms in total. The van der Waals surface area contributed by atoms with Gasteiger partial charge in [0.05, 0.1) is 36.4 Å². The molecule has 0 N–H and O–H groups in total. The molecule has 0 spiro atoms. The summed E-state index contributed by atoms with van der Waals surface area (Å²) in [4.78, 5) is 23.1. The first-order valence-corrected chi connectivity index (χ1v) is 8.31. The molecule has 1 aliphatic rings. The van der Waals surface area contributed by atoms with Crippen LogP contribution in [-0.2, 0) is 22.4 Å². The summed E-state index contributed by atoms with van der Waals surface area (Å²) < 4.78 is 5.37. The standard InChI is InChI=1S/C16H19N3O2S/c1-12-10-21-7-6-19(12)16(20)9-14-11-22-15(18-14)8-13-4-2-3-5-17-13/h2-5,11-12H,6-10H2,1H3/t12-/m1/s1. The van der Waals surface area contributed by atoms with Crippen LogP contribution in [0, 0.1) is 0 Å². The molecular weight excluding hydrogens is 298 g/mol. The molecule has 1 amide bonds. The Labute approximate surface area is 134 Å². The van der Waals surface area contributed by atoms with E-state index in [0.29, 0.717) is 32.6 Å². The average Bonchev–Trinajstić information content (AvgIpc) is 2.95. The molecule has 1 fully saturated rings. The van der Waals surface area contributed by atoms with Crippen LogP contribution in [0.4, 0.5) is 0 Å². The monoisotopic (exact) mass is 317 g/mol. The Morgan fingerprint density at radius 2 is 2.36 bits per heavy atom. The fourth-order valence-electron chi connectivity index (χ4n) is 2.52. The maximum Gasteiger partial charge on any atom is 0.229 e. The van der Waals surface area contributed by atoms with Crippen LogP contribution in [0.5, 0.6) is 0 Å². The Balaban J connectivity index is 1.60. The van der Waals surface area contributed by atoms with Crippen LogP contribution in [0.1, 0.15) is 23.3 Å². The highest BCUT2D eigenvalue weighted by molar-refractivity contribution is 7.09. The number of nitrogens with zero attached hydrogens (tertiary/aromatic N) is 3. The summed E-state index contributed by atoms with van der Waals surface area (Å²) in [5, 5.41) is 2.97. The fraction of sp³-hybridized carbons (Fsp3) is 0.438. The molecule has 3 heterocycles. The maximum atomic E-state index is 12.4. The van der Waals surface area contributed by atoms with Crippen molar-refractivity contribution in [1.82, 2.24) is 14.9 Å². The SMILES string of the molecule is C[C@@H]1COCCN1C(=O)Cc1csc(Cc2ccccn2)n1. The number of aromatic nitrogens is 2. The smallest absolute Gasteiger partial charge is 0.229 e. The summed E-state index contributed by atoms with van der Waals surface area (Å²) in [6.45, 7) is 3.93. The van der Waals surface area contributed by atoms with Gasteiger partial charge in [-0.05, 0) is 19.1 Å². The van der Waals surface area contributed by atoms with Crippen molar-refractivity contribution in [1.29, 1.82) is 0 Å². The predicted octanol–water partition coefficient (Wildman–Crippen LogP) is 1.92. The second-order valence-electron chi connectivity index (χ2n) is 5.42. The van der Waals surface area contributed by atoms with Crippen molar-refractivity contribution in [2.24, 2.45) is 0 Å². The molecule has 1 saturated heterocycles. The lowest BCUT2D eigenvalue weighted by atomic mass is 10.2. The van der Waals surface area contributed by atoms with E-state index in [-0.39, 0.29) is 11.9 Å². The average molecular weight is 317 g/mol. The van der Waals surface area contributed by atoms with Crippen LogP contribution in [0.3, 0.4) is 0 Å². The second-order valence-corrected chi connectivity index (χ2v) is 6.36. The van der Waals surface area contributed by atoms with Gasteiger partial charge >= 0.3 is 0 Å². The highest BCUT2D eigenvalue weighted by Crippen LogP contribution is 2.16. The number of carbonyl (C=O) groups excluding carboxylic acids is 1. The third-order valence-electron chi connectivity index (χ3n) is 3.68. The molecule has 6 heteroatoms. The Hall–Kier alpha value is -1.79. The van der Waals surface area contributed by atoms with E-state index in [1.807, 2.05) is 35.4 Å². The van der Waals surface area contributed by atoms with Gasteiger partial charge in [-0.1, -0.05) is 6.07 Å².